The first-order chi connectivity index (χ1) is 8.74. The largest absolute Gasteiger partial charge is 0.493 e. The van der Waals surface area contributed by atoms with Crippen molar-refractivity contribution in [3.8, 4) is 11.5 Å². The molecule has 1 atom stereocenters. The van der Waals surface area contributed by atoms with Crippen molar-refractivity contribution >= 4 is 0 Å². The van der Waals surface area contributed by atoms with Gasteiger partial charge in [0.05, 0.1) is 40.1 Å². The van der Waals surface area contributed by atoms with Gasteiger partial charge in [-0.05, 0) is 17.7 Å². The maximum Gasteiger partial charge on any atom is 0.161 e. The van der Waals surface area contributed by atoms with Crippen molar-refractivity contribution in [2.24, 2.45) is 5.73 Å². The topological polar surface area (TPSA) is 62.9 Å². The van der Waals surface area contributed by atoms with Gasteiger partial charge in [0.15, 0.2) is 11.5 Å². The first-order valence-electron chi connectivity index (χ1n) is 5.91. The van der Waals surface area contributed by atoms with Crippen molar-refractivity contribution in [1.29, 1.82) is 0 Å². The minimum atomic E-state index is -0.176. The van der Waals surface area contributed by atoms with Crippen LogP contribution in [0.25, 0.3) is 0 Å². The highest BCUT2D eigenvalue weighted by Crippen LogP contribution is 2.29. The average molecular weight is 253 g/mol. The van der Waals surface area contributed by atoms with E-state index in [9.17, 15) is 0 Å². The summed E-state index contributed by atoms with van der Waals surface area (Å²) in [5.41, 5.74) is 7.04. The fourth-order valence-electron chi connectivity index (χ4n) is 1.73. The Labute approximate surface area is 107 Å². The molecule has 1 heterocycles. The van der Waals surface area contributed by atoms with Gasteiger partial charge in [-0.3, -0.25) is 0 Å². The number of methoxy groups -OCH3 is 2. The van der Waals surface area contributed by atoms with Gasteiger partial charge in [0.1, 0.15) is 6.10 Å². The number of benzene rings is 1. The molecule has 0 amide bonds. The van der Waals surface area contributed by atoms with Crippen LogP contribution in [0.4, 0.5) is 0 Å². The lowest BCUT2D eigenvalue weighted by atomic mass is 10.1. The molecule has 1 aromatic carbocycles. The van der Waals surface area contributed by atoms with Gasteiger partial charge in [-0.1, -0.05) is 6.07 Å². The van der Waals surface area contributed by atoms with Gasteiger partial charge in [0.25, 0.3) is 0 Å². The molecule has 1 aliphatic rings. The number of hydrogen-bond acceptors (Lipinski definition) is 5. The molecule has 5 heteroatoms. The van der Waals surface area contributed by atoms with Crippen LogP contribution < -0.4 is 15.2 Å². The molecule has 1 unspecified atom stereocenters. The maximum absolute atomic E-state index is 6.08. The molecule has 1 aromatic rings. The first-order valence-corrected chi connectivity index (χ1v) is 5.91. The van der Waals surface area contributed by atoms with Gasteiger partial charge in [-0.25, -0.2) is 0 Å². The SMILES string of the molecule is COc1ccc(C(N)COC2COC2)cc1OC. The molecule has 18 heavy (non-hydrogen) atoms. The van der Waals surface area contributed by atoms with Crippen LogP contribution in [-0.2, 0) is 9.47 Å². The first kappa shape index (κ1) is 13.1. The lowest BCUT2D eigenvalue weighted by Gasteiger charge is -2.27. The van der Waals surface area contributed by atoms with E-state index in [1.807, 2.05) is 18.2 Å². The zero-order valence-corrected chi connectivity index (χ0v) is 10.7. The molecule has 0 bridgehead atoms. The average Bonchev–Trinajstić information content (AvgIpc) is 2.35. The zero-order valence-electron chi connectivity index (χ0n) is 10.7. The Bertz CT molecular complexity index is 393. The Morgan fingerprint density at radius 2 is 2.00 bits per heavy atom. The molecular formula is C13H19NO4. The summed E-state index contributed by atoms with van der Waals surface area (Å²) in [6, 6.07) is 5.47. The Balaban J connectivity index is 1.97. The van der Waals surface area contributed by atoms with Crippen LogP contribution in [0.1, 0.15) is 11.6 Å². The predicted octanol–water partition coefficient (Wildman–Crippen LogP) is 1.12. The molecule has 100 valence electrons. The van der Waals surface area contributed by atoms with Crippen LogP contribution in [0.15, 0.2) is 18.2 Å². The van der Waals surface area contributed by atoms with E-state index in [2.05, 4.69) is 0 Å². The summed E-state index contributed by atoms with van der Waals surface area (Å²) >= 11 is 0. The fourth-order valence-corrected chi connectivity index (χ4v) is 1.73. The van der Waals surface area contributed by atoms with Crippen LogP contribution in [0.5, 0.6) is 11.5 Å². The molecular weight excluding hydrogens is 234 g/mol. The maximum atomic E-state index is 6.08. The van der Waals surface area contributed by atoms with Gasteiger partial charge in [0.2, 0.25) is 0 Å². The van der Waals surface area contributed by atoms with Gasteiger partial charge >= 0.3 is 0 Å². The van der Waals surface area contributed by atoms with E-state index in [4.69, 9.17) is 24.7 Å². The summed E-state index contributed by atoms with van der Waals surface area (Å²) < 4.78 is 21.1. The number of hydrogen-bond donors (Lipinski definition) is 1. The van der Waals surface area contributed by atoms with Crippen molar-refractivity contribution in [2.45, 2.75) is 12.1 Å². The molecule has 1 fully saturated rings. The van der Waals surface area contributed by atoms with E-state index >= 15 is 0 Å². The third kappa shape index (κ3) is 2.93. The number of ether oxygens (including phenoxy) is 4. The van der Waals surface area contributed by atoms with Crippen molar-refractivity contribution in [3.05, 3.63) is 23.8 Å². The summed E-state index contributed by atoms with van der Waals surface area (Å²) in [5, 5.41) is 0. The molecule has 2 rings (SSSR count). The standard InChI is InChI=1S/C13H19NO4/c1-15-12-4-3-9(5-13(12)16-2)11(14)8-18-10-6-17-7-10/h3-5,10-11H,6-8,14H2,1-2H3. The van der Waals surface area contributed by atoms with Crippen molar-refractivity contribution in [3.63, 3.8) is 0 Å². The predicted molar refractivity (Wildman–Crippen MR) is 67.0 cm³/mol. The zero-order chi connectivity index (χ0) is 13.0. The highest BCUT2D eigenvalue weighted by atomic mass is 16.6. The summed E-state index contributed by atoms with van der Waals surface area (Å²) in [5.74, 6) is 1.37. The molecule has 0 saturated carbocycles. The highest BCUT2D eigenvalue weighted by Gasteiger charge is 2.20. The second kappa shape index (κ2) is 6.04. The molecule has 0 radical (unpaired) electrons. The smallest absolute Gasteiger partial charge is 0.161 e. The van der Waals surface area contributed by atoms with E-state index in [-0.39, 0.29) is 12.1 Å². The minimum absolute atomic E-state index is 0.176. The van der Waals surface area contributed by atoms with Gasteiger partial charge in [-0.2, -0.15) is 0 Å². The van der Waals surface area contributed by atoms with Crippen LogP contribution in [-0.4, -0.2) is 40.1 Å². The Morgan fingerprint density at radius 3 is 2.56 bits per heavy atom. The van der Waals surface area contributed by atoms with Gasteiger partial charge in [-0.15, -0.1) is 0 Å². The van der Waals surface area contributed by atoms with Gasteiger partial charge < -0.3 is 24.7 Å². The van der Waals surface area contributed by atoms with E-state index in [1.54, 1.807) is 14.2 Å². The minimum Gasteiger partial charge on any atom is -0.493 e. The van der Waals surface area contributed by atoms with Crippen LogP contribution in [0.2, 0.25) is 0 Å². The van der Waals surface area contributed by atoms with Crippen molar-refractivity contribution in [2.75, 3.05) is 34.0 Å². The van der Waals surface area contributed by atoms with Crippen LogP contribution >= 0.6 is 0 Å². The summed E-state index contributed by atoms with van der Waals surface area (Å²) in [6.07, 6.45) is 0.191. The second-order valence-corrected chi connectivity index (χ2v) is 4.21. The lowest BCUT2D eigenvalue weighted by molar-refractivity contribution is -0.131. The van der Waals surface area contributed by atoms with E-state index in [0.29, 0.717) is 31.3 Å². The molecule has 2 N–H and O–H groups in total. The molecule has 1 saturated heterocycles. The fraction of sp³-hybridized carbons (Fsp3) is 0.538. The van der Waals surface area contributed by atoms with E-state index in [0.717, 1.165) is 5.56 Å². The number of rotatable bonds is 6. The van der Waals surface area contributed by atoms with Gasteiger partial charge in [0, 0.05) is 0 Å². The molecule has 0 spiro atoms. The van der Waals surface area contributed by atoms with E-state index in [1.165, 1.54) is 0 Å². The summed E-state index contributed by atoms with van der Waals surface area (Å²) in [6.45, 7) is 1.81. The Morgan fingerprint density at radius 1 is 1.28 bits per heavy atom. The monoisotopic (exact) mass is 253 g/mol. The third-order valence-corrected chi connectivity index (χ3v) is 2.95. The molecule has 0 aliphatic carbocycles. The Kier molecular flexibility index (Phi) is 4.41. The van der Waals surface area contributed by atoms with Crippen molar-refractivity contribution in [1.82, 2.24) is 0 Å². The van der Waals surface area contributed by atoms with E-state index < -0.39 is 0 Å². The quantitative estimate of drug-likeness (QED) is 0.823. The third-order valence-electron chi connectivity index (χ3n) is 2.95. The number of nitrogens with two attached hydrogens (primary N) is 1. The summed E-state index contributed by atoms with van der Waals surface area (Å²) in [4.78, 5) is 0. The summed E-state index contributed by atoms with van der Waals surface area (Å²) in [7, 11) is 3.21. The molecule has 1 aliphatic heterocycles. The lowest BCUT2D eigenvalue weighted by Crippen LogP contribution is -2.37. The second-order valence-electron chi connectivity index (χ2n) is 4.21. The Hall–Kier alpha value is -1.30. The highest BCUT2D eigenvalue weighted by molar-refractivity contribution is 5.43. The van der Waals surface area contributed by atoms with Crippen LogP contribution in [0, 0.1) is 0 Å². The molecule has 5 nitrogen and oxygen atoms in total. The van der Waals surface area contributed by atoms with Crippen molar-refractivity contribution < 1.29 is 18.9 Å². The molecule has 0 aromatic heterocycles. The normalized spacial score (nSPS) is 17.1. The van der Waals surface area contributed by atoms with Crippen LogP contribution in [0.3, 0.4) is 0 Å².